The Labute approximate surface area is 125 Å². The van der Waals surface area contributed by atoms with Gasteiger partial charge in [-0.3, -0.25) is 10.8 Å². The molecule has 1 heterocycles. The van der Waals surface area contributed by atoms with Crippen molar-refractivity contribution in [3.05, 3.63) is 33.2 Å². The number of anilines is 1. The van der Waals surface area contributed by atoms with Crippen LogP contribution in [0.1, 0.15) is 36.1 Å². The van der Waals surface area contributed by atoms with Crippen molar-refractivity contribution >= 4 is 32.5 Å². The van der Waals surface area contributed by atoms with Gasteiger partial charge in [-0.1, -0.05) is 6.42 Å². The molecule has 1 aliphatic rings. The number of aromatic nitrogens is 1. The minimum absolute atomic E-state index is 0.293. The van der Waals surface area contributed by atoms with Crippen molar-refractivity contribution in [3.8, 4) is 0 Å². The molecule has 1 aromatic carbocycles. The van der Waals surface area contributed by atoms with Gasteiger partial charge in [-0.2, -0.15) is 0 Å². The Morgan fingerprint density at radius 3 is 2.80 bits per heavy atom. The second kappa shape index (κ2) is 5.30. The first-order valence-corrected chi connectivity index (χ1v) is 7.69. The van der Waals surface area contributed by atoms with Gasteiger partial charge in [-0.15, -0.1) is 0 Å². The Hall–Kier alpha value is -1.20. The van der Waals surface area contributed by atoms with Crippen LogP contribution in [0.3, 0.4) is 0 Å². The molecule has 0 atom stereocenters. The largest absolute Gasteiger partial charge is 0.323 e. The van der Waals surface area contributed by atoms with E-state index >= 15 is 0 Å². The molecule has 0 spiro atoms. The average Bonchev–Trinajstić information content (AvgIpc) is 2.67. The third-order valence-electron chi connectivity index (χ3n) is 4.01. The zero-order chi connectivity index (χ0) is 14.3. The van der Waals surface area contributed by atoms with E-state index in [1.165, 1.54) is 6.42 Å². The topological polar surface area (TPSA) is 50.9 Å². The normalized spacial score (nSPS) is 15.0. The third kappa shape index (κ3) is 2.09. The molecule has 0 unspecified atom stereocenters. The Balaban J connectivity index is 2.43. The van der Waals surface area contributed by atoms with Gasteiger partial charge in [-0.05, 0) is 65.7 Å². The molecule has 1 aromatic heterocycles. The van der Waals surface area contributed by atoms with Crippen molar-refractivity contribution in [1.29, 1.82) is 0 Å². The number of nitrogen functional groups attached to an aromatic ring is 1. The van der Waals surface area contributed by atoms with Crippen LogP contribution >= 0.6 is 15.9 Å². The molecule has 5 heteroatoms. The Morgan fingerprint density at radius 1 is 1.30 bits per heavy atom. The minimum atomic E-state index is -0.293. The van der Waals surface area contributed by atoms with Crippen LogP contribution in [0.25, 0.3) is 10.9 Å². The number of halogens is 2. The molecular weight excluding hydrogens is 321 g/mol. The fourth-order valence-electron chi connectivity index (χ4n) is 3.02. The summed E-state index contributed by atoms with van der Waals surface area (Å²) in [6, 6.07) is 1.77. The van der Waals surface area contributed by atoms with Crippen LogP contribution in [0.15, 0.2) is 10.5 Å². The van der Waals surface area contributed by atoms with Gasteiger partial charge in [0.15, 0.2) is 0 Å². The van der Waals surface area contributed by atoms with E-state index in [0.717, 1.165) is 42.5 Å². The molecule has 0 amide bonds. The van der Waals surface area contributed by atoms with E-state index in [0.29, 0.717) is 21.1 Å². The second-order valence-electron chi connectivity index (χ2n) is 5.33. The van der Waals surface area contributed by atoms with Gasteiger partial charge in [0.1, 0.15) is 5.82 Å². The maximum absolute atomic E-state index is 14.5. The maximum atomic E-state index is 14.5. The summed E-state index contributed by atoms with van der Waals surface area (Å²) in [5.74, 6) is 5.41. The van der Waals surface area contributed by atoms with Crippen molar-refractivity contribution in [2.24, 2.45) is 5.84 Å². The fourth-order valence-corrected chi connectivity index (χ4v) is 3.56. The number of nitrogens with zero attached hydrogens (tertiary/aromatic N) is 1. The van der Waals surface area contributed by atoms with E-state index in [2.05, 4.69) is 21.4 Å². The fraction of sp³-hybridized carbons (Fsp3) is 0.400. The number of benzene rings is 1. The highest BCUT2D eigenvalue weighted by atomic mass is 79.9. The molecule has 2 aromatic rings. The zero-order valence-corrected chi connectivity index (χ0v) is 13.0. The van der Waals surface area contributed by atoms with E-state index in [1.807, 2.05) is 6.92 Å². The molecule has 0 saturated heterocycles. The first kappa shape index (κ1) is 13.8. The lowest BCUT2D eigenvalue weighted by molar-refractivity contribution is 0.632. The zero-order valence-electron chi connectivity index (χ0n) is 11.4. The van der Waals surface area contributed by atoms with Gasteiger partial charge in [-0.25, -0.2) is 4.39 Å². The summed E-state index contributed by atoms with van der Waals surface area (Å²) < 4.78 is 15.0. The van der Waals surface area contributed by atoms with Crippen LogP contribution in [0.2, 0.25) is 0 Å². The van der Waals surface area contributed by atoms with Crippen molar-refractivity contribution < 1.29 is 4.39 Å². The number of pyridine rings is 1. The lowest BCUT2D eigenvalue weighted by atomic mass is 10.00. The number of aryl methyl sites for hydroxylation is 2. The van der Waals surface area contributed by atoms with Crippen LogP contribution < -0.4 is 11.3 Å². The standard InChI is InChI=1S/C15H17BrFN3/c1-8-7-10(16)13(17)12-14(8)19-11-6-4-2-3-5-9(11)15(12)20-18/h7H,2-6,18H2,1H3,(H,19,20). The van der Waals surface area contributed by atoms with Gasteiger partial charge in [0.2, 0.25) is 0 Å². The molecule has 0 saturated carbocycles. The molecule has 20 heavy (non-hydrogen) atoms. The number of nitrogens with two attached hydrogens (primary N) is 1. The molecule has 0 bridgehead atoms. The van der Waals surface area contributed by atoms with Gasteiger partial charge in [0.25, 0.3) is 0 Å². The number of hydrogen-bond donors (Lipinski definition) is 2. The Bertz CT molecular complexity index is 685. The summed E-state index contributed by atoms with van der Waals surface area (Å²) >= 11 is 3.27. The molecule has 0 fully saturated rings. The van der Waals surface area contributed by atoms with Crippen LogP contribution in [0.5, 0.6) is 0 Å². The summed E-state index contributed by atoms with van der Waals surface area (Å²) in [5.41, 5.74) is 7.23. The number of hydrogen-bond acceptors (Lipinski definition) is 3. The maximum Gasteiger partial charge on any atom is 0.148 e. The quantitative estimate of drug-likeness (QED) is 0.469. The molecule has 0 aliphatic heterocycles. The first-order valence-electron chi connectivity index (χ1n) is 6.90. The third-order valence-corrected chi connectivity index (χ3v) is 4.59. The highest BCUT2D eigenvalue weighted by molar-refractivity contribution is 9.10. The SMILES string of the molecule is Cc1cc(Br)c(F)c2c(NN)c3c(nc12)CCCCC3. The molecule has 1 aliphatic carbocycles. The lowest BCUT2D eigenvalue weighted by Gasteiger charge is -2.17. The summed E-state index contributed by atoms with van der Waals surface area (Å²) in [6.45, 7) is 1.95. The van der Waals surface area contributed by atoms with Crippen LogP contribution in [-0.4, -0.2) is 4.98 Å². The minimum Gasteiger partial charge on any atom is -0.323 e. The molecule has 106 valence electrons. The molecular formula is C15H17BrFN3. The number of hydrazine groups is 1. The summed E-state index contributed by atoms with van der Waals surface area (Å²) in [7, 11) is 0. The van der Waals surface area contributed by atoms with Crippen molar-refractivity contribution in [1.82, 2.24) is 4.98 Å². The van der Waals surface area contributed by atoms with Gasteiger partial charge in [0, 0.05) is 5.69 Å². The number of nitrogens with one attached hydrogen (secondary N) is 1. The van der Waals surface area contributed by atoms with Crippen LogP contribution in [0.4, 0.5) is 10.1 Å². The Kier molecular flexibility index (Phi) is 3.65. The van der Waals surface area contributed by atoms with Gasteiger partial charge >= 0.3 is 0 Å². The highest BCUT2D eigenvalue weighted by Gasteiger charge is 2.21. The number of rotatable bonds is 1. The van der Waals surface area contributed by atoms with E-state index in [-0.39, 0.29) is 5.82 Å². The van der Waals surface area contributed by atoms with Gasteiger partial charge < -0.3 is 5.43 Å². The predicted molar refractivity (Wildman–Crippen MR) is 83.2 cm³/mol. The van der Waals surface area contributed by atoms with Crippen LogP contribution in [-0.2, 0) is 12.8 Å². The van der Waals surface area contributed by atoms with Crippen molar-refractivity contribution in [2.75, 3.05) is 5.43 Å². The monoisotopic (exact) mass is 337 g/mol. The average molecular weight is 338 g/mol. The highest BCUT2D eigenvalue weighted by Crippen LogP contribution is 2.37. The van der Waals surface area contributed by atoms with E-state index < -0.39 is 0 Å². The summed E-state index contributed by atoms with van der Waals surface area (Å²) in [4.78, 5) is 4.73. The molecule has 3 N–H and O–H groups in total. The van der Waals surface area contributed by atoms with E-state index in [4.69, 9.17) is 10.8 Å². The molecule has 0 radical (unpaired) electrons. The Morgan fingerprint density at radius 2 is 2.05 bits per heavy atom. The van der Waals surface area contributed by atoms with Crippen LogP contribution in [0, 0.1) is 12.7 Å². The predicted octanol–water partition coefficient (Wildman–Crippen LogP) is 4.00. The summed E-state index contributed by atoms with van der Waals surface area (Å²) in [5, 5.41) is 0.500. The number of fused-ring (bicyclic) bond motifs is 2. The summed E-state index contributed by atoms with van der Waals surface area (Å²) in [6.07, 6.45) is 5.26. The van der Waals surface area contributed by atoms with E-state index in [1.54, 1.807) is 6.07 Å². The lowest BCUT2D eigenvalue weighted by Crippen LogP contribution is -2.13. The van der Waals surface area contributed by atoms with Crippen molar-refractivity contribution in [3.63, 3.8) is 0 Å². The molecule has 3 nitrogen and oxygen atoms in total. The van der Waals surface area contributed by atoms with E-state index in [9.17, 15) is 4.39 Å². The smallest absolute Gasteiger partial charge is 0.148 e. The first-order chi connectivity index (χ1) is 9.63. The molecule has 3 rings (SSSR count). The van der Waals surface area contributed by atoms with Crippen molar-refractivity contribution in [2.45, 2.75) is 39.0 Å². The van der Waals surface area contributed by atoms with Gasteiger partial charge in [0.05, 0.1) is 21.1 Å². The second-order valence-corrected chi connectivity index (χ2v) is 6.18.